The quantitative estimate of drug-likeness (QED) is 0.767. The molecule has 1 aliphatic carbocycles. The monoisotopic (exact) mass is 250 g/mol. The van der Waals surface area contributed by atoms with Crippen molar-refractivity contribution >= 4 is 5.91 Å². The van der Waals surface area contributed by atoms with Crippen molar-refractivity contribution in [3.8, 4) is 6.07 Å². The van der Waals surface area contributed by atoms with Gasteiger partial charge in [0, 0.05) is 19.6 Å². The van der Waals surface area contributed by atoms with Crippen LogP contribution in [0.25, 0.3) is 0 Å². The van der Waals surface area contributed by atoms with Crippen molar-refractivity contribution in [2.75, 3.05) is 13.2 Å². The van der Waals surface area contributed by atoms with Crippen LogP contribution in [0.5, 0.6) is 0 Å². The van der Waals surface area contributed by atoms with Gasteiger partial charge in [-0.25, -0.2) is 0 Å². The molecule has 1 saturated carbocycles. The zero-order valence-electron chi connectivity index (χ0n) is 11.1. The molecule has 2 rings (SSSR count). The predicted molar refractivity (Wildman–Crippen MR) is 67.7 cm³/mol. The van der Waals surface area contributed by atoms with E-state index in [1.54, 1.807) is 4.90 Å². The molecule has 0 N–H and O–H groups in total. The highest BCUT2D eigenvalue weighted by Gasteiger charge is 2.34. The molecule has 0 radical (unpaired) electrons. The second-order valence-electron chi connectivity index (χ2n) is 5.35. The van der Waals surface area contributed by atoms with Crippen LogP contribution in [0.2, 0.25) is 0 Å². The van der Waals surface area contributed by atoms with Crippen LogP contribution in [0.1, 0.15) is 45.4 Å². The number of amides is 1. The molecule has 2 aliphatic rings. The van der Waals surface area contributed by atoms with Gasteiger partial charge in [0.05, 0.1) is 12.2 Å². The third-order valence-electron chi connectivity index (χ3n) is 4.03. The number of likely N-dealkylation sites (tertiary alicyclic amines) is 1. The summed E-state index contributed by atoms with van der Waals surface area (Å²) in [6, 6.07) is 2.07. The van der Waals surface area contributed by atoms with Crippen LogP contribution in [-0.4, -0.2) is 36.1 Å². The van der Waals surface area contributed by atoms with Crippen molar-refractivity contribution in [1.29, 1.82) is 5.26 Å². The Hall–Kier alpha value is -1.08. The first-order valence-electron chi connectivity index (χ1n) is 7.05. The van der Waals surface area contributed by atoms with E-state index in [-0.39, 0.29) is 11.9 Å². The molecule has 4 nitrogen and oxygen atoms in total. The van der Waals surface area contributed by atoms with Crippen LogP contribution in [0.4, 0.5) is 0 Å². The maximum absolute atomic E-state index is 12.2. The topological polar surface area (TPSA) is 53.3 Å². The predicted octanol–water partition coefficient (Wildman–Crippen LogP) is 2.10. The van der Waals surface area contributed by atoms with E-state index >= 15 is 0 Å². The molecule has 1 atom stereocenters. The van der Waals surface area contributed by atoms with Gasteiger partial charge in [-0.05, 0) is 44.9 Å². The SMILES string of the molecule is CCOC1CC(CC(=O)N2CCCCC2C#N)C1. The molecule has 18 heavy (non-hydrogen) atoms. The highest BCUT2D eigenvalue weighted by atomic mass is 16.5. The highest BCUT2D eigenvalue weighted by molar-refractivity contribution is 5.77. The van der Waals surface area contributed by atoms with E-state index in [0.29, 0.717) is 18.4 Å². The van der Waals surface area contributed by atoms with Gasteiger partial charge in [0.25, 0.3) is 0 Å². The zero-order valence-corrected chi connectivity index (χ0v) is 11.1. The molecule has 0 aromatic heterocycles. The zero-order chi connectivity index (χ0) is 13.0. The number of hydrogen-bond donors (Lipinski definition) is 0. The van der Waals surface area contributed by atoms with Gasteiger partial charge in [-0.3, -0.25) is 4.79 Å². The summed E-state index contributed by atoms with van der Waals surface area (Å²) in [5.74, 6) is 0.636. The van der Waals surface area contributed by atoms with E-state index in [0.717, 1.165) is 45.3 Å². The Morgan fingerprint density at radius 3 is 2.89 bits per heavy atom. The lowest BCUT2D eigenvalue weighted by molar-refractivity contribution is -0.136. The minimum Gasteiger partial charge on any atom is -0.378 e. The van der Waals surface area contributed by atoms with Crippen LogP contribution in [0.15, 0.2) is 0 Å². The van der Waals surface area contributed by atoms with E-state index in [4.69, 9.17) is 10.00 Å². The van der Waals surface area contributed by atoms with Gasteiger partial charge in [0.1, 0.15) is 6.04 Å². The molecule has 0 aromatic carbocycles. The van der Waals surface area contributed by atoms with Gasteiger partial charge in [-0.2, -0.15) is 5.26 Å². The fourth-order valence-corrected chi connectivity index (χ4v) is 2.94. The third-order valence-corrected chi connectivity index (χ3v) is 4.03. The summed E-state index contributed by atoms with van der Waals surface area (Å²) in [5, 5.41) is 9.06. The number of piperidine rings is 1. The van der Waals surface area contributed by atoms with Crippen molar-refractivity contribution < 1.29 is 9.53 Å². The average molecular weight is 250 g/mol. The van der Waals surface area contributed by atoms with Crippen molar-refractivity contribution in [2.45, 2.75) is 57.6 Å². The fourth-order valence-electron chi connectivity index (χ4n) is 2.94. The Kier molecular flexibility index (Phi) is 4.60. The number of carbonyl (C=O) groups excluding carboxylic acids is 1. The molecule has 1 unspecified atom stereocenters. The molecule has 100 valence electrons. The Balaban J connectivity index is 1.76. The Bertz CT molecular complexity index is 331. The number of rotatable bonds is 4. The second-order valence-corrected chi connectivity index (χ2v) is 5.35. The molecule has 0 spiro atoms. The molecule has 1 saturated heterocycles. The number of nitriles is 1. The van der Waals surface area contributed by atoms with Gasteiger partial charge >= 0.3 is 0 Å². The number of ether oxygens (including phenoxy) is 1. The normalized spacial score (nSPS) is 31.6. The van der Waals surface area contributed by atoms with Crippen molar-refractivity contribution in [3.63, 3.8) is 0 Å². The van der Waals surface area contributed by atoms with Crippen molar-refractivity contribution in [2.24, 2.45) is 5.92 Å². The van der Waals surface area contributed by atoms with Crippen LogP contribution >= 0.6 is 0 Å². The second kappa shape index (κ2) is 6.19. The summed E-state index contributed by atoms with van der Waals surface area (Å²) in [4.78, 5) is 14.0. The van der Waals surface area contributed by atoms with Gasteiger partial charge in [0.15, 0.2) is 0 Å². The molecule has 1 aliphatic heterocycles. The summed E-state index contributed by atoms with van der Waals surface area (Å²) in [5.41, 5.74) is 0. The van der Waals surface area contributed by atoms with Crippen LogP contribution in [-0.2, 0) is 9.53 Å². The highest BCUT2D eigenvalue weighted by Crippen LogP contribution is 2.33. The first-order valence-corrected chi connectivity index (χ1v) is 7.05. The lowest BCUT2D eigenvalue weighted by atomic mass is 9.79. The molecule has 1 amide bonds. The van der Waals surface area contributed by atoms with Gasteiger partial charge in [-0.1, -0.05) is 0 Å². The van der Waals surface area contributed by atoms with E-state index in [1.807, 2.05) is 6.92 Å². The Labute approximate surface area is 109 Å². The molecule has 1 heterocycles. The number of nitrogens with zero attached hydrogens (tertiary/aromatic N) is 2. The molecule has 2 fully saturated rings. The smallest absolute Gasteiger partial charge is 0.223 e. The molecular formula is C14H22N2O2. The summed E-state index contributed by atoms with van der Waals surface area (Å²) >= 11 is 0. The molecule has 4 heteroatoms. The van der Waals surface area contributed by atoms with E-state index < -0.39 is 0 Å². The average Bonchev–Trinajstić information content (AvgIpc) is 2.36. The number of carbonyl (C=O) groups is 1. The summed E-state index contributed by atoms with van der Waals surface area (Å²) < 4.78 is 5.50. The fraction of sp³-hybridized carbons (Fsp3) is 0.857. The van der Waals surface area contributed by atoms with Crippen LogP contribution in [0.3, 0.4) is 0 Å². The Morgan fingerprint density at radius 1 is 1.44 bits per heavy atom. The first kappa shape index (κ1) is 13.4. The van der Waals surface area contributed by atoms with Crippen LogP contribution in [0, 0.1) is 17.2 Å². The summed E-state index contributed by atoms with van der Waals surface area (Å²) in [6.07, 6.45) is 5.92. The Morgan fingerprint density at radius 2 is 2.22 bits per heavy atom. The third kappa shape index (κ3) is 3.02. The van der Waals surface area contributed by atoms with Crippen LogP contribution < -0.4 is 0 Å². The maximum atomic E-state index is 12.2. The van der Waals surface area contributed by atoms with E-state index in [9.17, 15) is 4.79 Å². The lowest BCUT2D eigenvalue weighted by Gasteiger charge is -2.37. The van der Waals surface area contributed by atoms with E-state index in [1.165, 1.54) is 0 Å². The summed E-state index contributed by atoms with van der Waals surface area (Å²) in [7, 11) is 0. The van der Waals surface area contributed by atoms with Gasteiger partial charge in [0.2, 0.25) is 5.91 Å². The van der Waals surface area contributed by atoms with Crippen molar-refractivity contribution in [3.05, 3.63) is 0 Å². The maximum Gasteiger partial charge on any atom is 0.223 e. The van der Waals surface area contributed by atoms with Gasteiger partial charge < -0.3 is 9.64 Å². The standard InChI is InChI=1S/C14H22N2O2/c1-2-18-13-7-11(8-13)9-14(17)16-6-4-3-5-12(16)10-15/h11-13H,2-9H2,1H3. The van der Waals surface area contributed by atoms with E-state index in [2.05, 4.69) is 6.07 Å². The lowest BCUT2D eigenvalue weighted by Crippen LogP contribution is -2.45. The molecular weight excluding hydrogens is 228 g/mol. The first-order chi connectivity index (χ1) is 8.74. The number of hydrogen-bond acceptors (Lipinski definition) is 3. The minimum atomic E-state index is -0.186. The summed E-state index contributed by atoms with van der Waals surface area (Å²) in [6.45, 7) is 3.52. The van der Waals surface area contributed by atoms with Crippen molar-refractivity contribution in [1.82, 2.24) is 4.90 Å². The molecule has 0 bridgehead atoms. The molecule has 0 aromatic rings. The largest absolute Gasteiger partial charge is 0.378 e. The minimum absolute atomic E-state index is 0.168. The van der Waals surface area contributed by atoms with Gasteiger partial charge in [-0.15, -0.1) is 0 Å².